The quantitative estimate of drug-likeness (QED) is 0.744. The van der Waals surface area contributed by atoms with Gasteiger partial charge in [0.1, 0.15) is 6.10 Å². The Morgan fingerprint density at radius 1 is 1.14 bits per heavy atom. The molecule has 1 saturated carbocycles. The normalized spacial score (nSPS) is 27.4. The Balaban J connectivity index is 2.02. The van der Waals surface area contributed by atoms with Crippen LogP contribution >= 0.6 is 0 Å². The smallest absolute Gasteiger partial charge is 0.313 e. The van der Waals surface area contributed by atoms with E-state index < -0.39 is 0 Å². The molecule has 0 heterocycles. The molecule has 2 heteroatoms. The molecule has 2 rings (SSSR count). The number of carbonyl (C=O) groups is 1. The number of esters is 1. The van der Waals surface area contributed by atoms with Crippen molar-refractivity contribution in [2.45, 2.75) is 59.0 Å². The summed E-state index contributed by atoms with van der Waals surface area (Å²) in [6, 6.07) is 9.90. The van der Waals surface area contributed by atoms with Crippen molar-refractivity contribution < 1.29 is 9.53 Å². The zero-order chi connectivity index (χ0) is 15.4. The maximum atomic E-state index is 12.5. The highest BCUT2D eigenvalue weighted by molar-refractivity contribution is 5.77. The molecule has 0 amide bonds. The Morgan fingerprint density at radius 2 is 1.81 bits per heavy atom. The second-order valence-electron chi connectivity index (χ2n) is 6.93. The predicted octanol–water partition coefficient (Wildman–Crippen LogP) is 4.79. The van der Waals surface area contributed by atoms with Gasteiger partial charge in [0, 0.05) is 0 Å². The van der Waals surface area contributed by atoms with E-state index in [1.54, 1.807) is 0 Å². The van der Waals surface area contributed by atoms with Crippen molar-refractivity contribution in [1.29, 1.82) is 0 Å². The third-order valence-corrected chi connectivity index (χ3v) is 4.88. The second-order valence-corrected chi connectivity index (χ2v) is 6.93. The number of hydrogen-bond acceptors (Lipinski definition) is 2. The summed E-state index contributed by atoms with van der Waals surface area (Å²) in [6.07, 6.45) is 3.53. The van der Waals surface area contributed by atoms with Gasteiger partial charge in [0.15, 0.2) is 0 Å². The molecule has 1 aliphatic rings. The van der Waals surface area contributed by atoms with E-state index in [0.717, 1.165) is 12.0 Å². The van der Waals surface area contributed by atoms with E-state index in [1.165, 1.54) is 12.8 Å². The Hall–Kier alpha value is -1.31. The number of benzene rings is 1. The minimum atomic E-state index is -0.184. The lowest BCUT2D eigenvalue weighted by molar-refractivity contribution is -0.157. The molecule has 0 unspecified atom stereocenters. The van der Waals surface area contributed by atoms with E-state index in [1.807, 2.05) is 37.3 Å². The first-order valence-electron chi connectivity index (χ1n) is 8.24. The molecule has 0 N–H and O–H groups in total. The molecule has 1 aliphatic carbocycles. The molecule has 4 atom stereocenters. The molecule has 1 aromatic carbocycles. The van der Waals surface area contributed by atoms with Crippen molar-refractivity contribution >= 4 is 5.97 Å². The number of hydrogen-bond donors (Lipinski definition) is 0. The van der Waals surface area contributed by atoms with Gasteiger partial charge in [0.25, 0.3) is 0 Å². The average molecular weight is 288 g/mol. The molecule has 116 valence electrons. The lowest BCUT2D eigenvalue weighted by Crippen LogP contribution is -2.36. The molecule has 0 radical (unpaired) electrons. The van der Waals surface area contributed by atoms with Crippen LogP contribution in [0.5, 0.6) is 0 Å². The molecule has 2 nitrogen and oxygen atoms in total. The molecular weight excluding hydrogens is 260 g/mol. The van der Waals surface area contributed by atoms with E-state index in [9.17, 15) is 4.79 Å². The number of rotatable bonds is 4. The highest BCUT2D eigenvalue weighted by Crippen LogP contribution is 2.36. The first-order valence-corrected chi connectivity index (χ1v) is 8.24. The van der Waals surface area contributed by atoms with Crippen LogP contribution in [-0.2, 0) is 9.53 Å². The average Bonchev–Trinajstić information content (AvgIpc) is 2.47. The first kappa shape index (κ1) is 16.1. The topological polar surface area (TPSA) is 26.3 Å². The standard InChI is InChI=1S/C19H28O2/c1-13(2)17-11-10-14(3)12-18(17)21-19(20)15(4)16-8-6-5-7-9-16/h5-9,13-15,17-18H,10-12H2,1-4H3/t14-,15-,17+,18+/m0/s1. The van der Waals surface area contributed by atoms with Crippen LogP contribution in [0.4, 0.5) is 0 Å². The molecule has 0 bridgehead atoms. The fourth-order valence-corrected chi connectivity index (χ4v) is 3.38. The lowest BCUT2D eigenvalue weighted by atomic mass is 9.75. The van der Waals surface area contributed by atoms with Crippen LogP contribution in [0, 0.1) is 17.8 Å². The van der Waals surface area contributed by atoms with Gasteiger partial charge < -0.3 is 4.74 Å². The predicted molar refractivity (Wildman–Crippen MR) is 86.1 cm³/mol. The SMILES string of the molecule is CC(C)[C@H]1CC[C@H](C)C[C@H]1OC(=O)[C@@H](C)c1ccccc1. The van der Waals surface area contributed by atoms with Crippen molar-refractivity contribution in [2.75, 3.05) is 0 Å². The van der Waals surface area contributed by atoms with Crippen LogP contribution in [0.1, 0.15) is 58.4 Å². The fraction of sp³-hybridized carbons (Fsp3) is 0.632. The van der Waals surface area contributed by atoms with Gasteiger partial charge in [-0.2, -0.15) is 0 Å². The van der Waals surface area contributed by atoms with Gasteiger partial charge >= 0.3 is 5.97 Å². The summed E-state index contributed by atoms with van der Waals surface area (Å²) in [5.74, 6) is 1.47. The summed E-state index contributed by atoms with van der Waals surface area (Å²) in [5.41, 5.74) is 1.03. The molecule has 1 aromatic rings. The molecule has 0 saturated heterocycles. The summed E-state index contributed by atoms with van der Waals surface area (Å²) in [7, 11) is 0. The van der Waals surface area contributed by atoms with E-state index in [4.69, 9.17) is 4.74 Å². The van der Waals surface area contributed by atoms with Gasteiger partial charge in [-0.25, -0.2) is 0 Å². The maximum absolute atomic E-state index is 12.5. The van der Waals surface area contributed by atoms with Gasteiger partial charge in [-0.3, -0.25) is 4.79 Å². The van der Waals surface area contributed by atoms with Gasteiger partial charge in [0.05, 0.1) is 5.92 Å². The van der Waals surface area contributed by atoms with E-state index in [2.05, 4.69) is 20.8 Å². The van der Waals surface area contributed by atoms with Gasteiger partial charge in [-0.15, -0.1) is 0 Å². The van der Waals surface area contributed by atoms with Gasteiger partial charge in [0.2, 0.25) is 0 Å². The van der Waals surface area contributed by atoms with E-state index in [0.29, 0.717) is 17.8 Å². The minimum Gasteiger partial charge on any atom is -0.462 e. The Kier molecular flexibility index (Phi) is 5.44. The highest BCUT2D eigenvalue weighted by atomic mass is 16.5. The lowest BCUT2D eigenvalue weighted by Gasteiger charge is -2.37. The highest BCUT2D eigenvalue weighted by Gasteiger charge is 2.34. The number of ether oxygens (including phenoxy) is 1. The van der Waals surface area contributed by atoms with E-state index >= 15 is 0 Å². The Morgan fingerprint density at radius 3 is 2.43 bits per heavy atom. The van der Waals surface area contributed by atoms with Crippen LogP contribution in [-0.4, -0.2) is 12.1 Å². The molecule has 21 heavy (non-hydrogen) atoms. The molecule has 1 fully saturated rings. The van der Waals surface area contributed by atoms with Crippen molar-refractivity contribution in [3.63, 3.8) is 0 Å². The van der Waals surface area contributed by atoms with Crippen LogP contribution < -0.4 is 0 Å². The zero-order valence-corrected chi connectivity index (χ0v) is 13.7. The van der Waals surface area contributed by atoms with Crippen molar-refractivity contribution in [3.05, 3.63) is 35.9 Å². The Labute approximate surface area is 128 Å². The first-order chi connectivity index (χ1) is 9.99. The zero-order valence-electron chi connectivity index (χ0n) is 13.7. The minimum absolute atomic E-state index is 0.0778. The summed E-state index contributed by atoms with van der Waals surface area (Å²) in [4.78, 5) is 12.5. The largest absolute Gasteiger partial charge is 0.462 e. The second kappa shape index (κ2) is 7.11. The van der Waals surface area contributed by atoms with Gasteiger partial charge in [-0.1, -0.05) is 57.5 Å². The molecule has 0 aliphatic heterocycles. The molecule has 0 spiro atoms. The molecule has 0 aromatic heterocycles. The summed E-state index contributed by atoms with van der Waals surface area (Å²) in [6.45, 7) is 8.68. The van der Waals surface area contributed by atoms with Crippen molar-refractivity contribution in [1.82, 2.24) is 0 Å². The van der Waals surface area contributed by atoms with Crippen LogP contribution in [0.3, 0.4) is 0 Å². The fourth-order valence-electron chi connectivity index (χ4n) is 3.38. The number of carbonyl (C=O) groups excluding carboxylic acids is 1. The van der Waals surface area contributed by atoms with Crippen LogP contribution in [0.2, 0.25) is 0 Å². The monoisotopic (exact) mass is 288 g/mol. The van der Waals surface area contributed by atoms with Crippen molar-refractivity contribution in [2.24, 2.45) is 17.8 Å². The van der Waals surface area contributed by atoms with Crippen LogP contribution in [0.25, 0.3) is 0 Å². The van der Waals surface area contributed by atoms with Crippen molar-refractivity contribution in [3.8, 4) is 0 Å². The maximum Gasteiger partial charge on any atom is 0.313 e. The summed E-state index contributed by atoms with van der Waals surface area (Å²) in [5, 5.41) is 0. The summed E-state index contributed by atoms with van der Waals surface area (Å²) < 4.78 is 5.91. The Bertz CT molecular complexity index is 452. The van der Waals surface area contributed by atoms with E-state index in [-0.39, 0.29) is 18.0 Å². The van der Waals surface area contributed by atoms with Gasteiger partial charge in [-0.05, 0) is 43.1 Å². The summed E-state index contributed by atoms with van der Waals surface area (Å²) >= 11 is 0. The molecular formula is C19H28O2. The van der Waals surface area contributed by atoms with Crippen LogP contribution in [0.15, 0.2) is 30.3 Å². The third kappa shape index (κ3) is 4.09. The third-order valence-electron chi connectivity index (χ3n) is 4.88.